The van der Waals surface area contributed by atoms with E-state index in [1.54, 1.807) is 6.08 Å². The molecule has 0 aromatic carbocycles. The summed E-state index contributed by atoms with van der Waals surface area (Å²) in [7, 11) is 0. The highest BCUT2D eigenvalue weighted by atomic mass is 16.4. The van der Waals surface area contributed by atoms with E-state index < -0.39 is 5.97 Å². The van der Waals surface area contributed by atoms with Crippen LogP contribution in [0.25, 0.3) is 0 Å². The summed E-state index contributed by atoms with van der Waals surface area (Å²) >= 11 is 0. The molecule has 1 N–H and O–H groups in total. The van der Waals surface area contributed by atoms with Crippen LogP contribution in [0.1, 0.15) is 39.0 Å². The van der Waals surface area contributed by atoms with Crippen molar-refractivity contribution in [1.82, 2.24) is 0 Å². The van der Waals surface area contributed by atoms with Crippen LogP contribution in [-0.2, 0) is 9.59 Å². The van der Waals surface area contributed by atoms with E-state index >= 15 is 0 Å². The van der Waals surface area contributed by atoms with Gasteiger partial charge in [0, 0.05) is 0 Å². The second-order valence-corrected chi connectivity index (χ2v) is 3.32. The van der Waals surface area contributed by atoms with E-state index in [0.717, 1.165) is 12.8 Å². The lowest BCUT2D eigenvalue weighted by molar-refractivity contribution is -0.133. The van der Waals surface area contributed by atoms with E-state index in [4.69, 9.17) is 5.11 Å². The molecule has 3 heteroatoms. The Morgan fingerprint density at radius 3 is 2.53 bits per heavy atom. The van der Waals surface area contributed by atoms with E-state index in [2.05, 4.69) is 6.92 Å². The van der Waals surface area contributed by atoms with Gasteiger partial charge in [-0.25, -0.2) is 4.79 Å². The van der Waals surface area contributed by atoms with Crippen LogP contribution in [0, 0.1) is 0 Å². The SMILES string of the molecule is CCCCCCC=CC=C(C=O)C(=O)O. The Bertz CT molecular complexity index is 252. The number of carboxylic acid groups (broad SMARTS) is 1. The van der Waals surface area contributed by atoms with Gasteiger partial charge in [0.2, 0.25) is 0 Å². The van der Waals surface area contributed by atoms with E-state index in [0.29, 0.717) is 6.29 Å². The first kappa shape index (κ1) is 13.6. The fourth-order valence-corrected chi connectivity index (χ4v) is 1.12. The summed E-state index contributed by atoms with van der Waals surface area (Å²) in [6.45, 7) is 2.15. The standard InChI is InChI=1S/C12H18O3/c1-2-3-4-5-6-7-8-9-11(10-13)12(14)15/h7-10H,2-6H2,1H3,(H,14,15). The maximum absolute atomic E-state index is 10.4. The van der Waals surface area contributed by atoms with Gasteiger partial charge in [0.15, 0.2) is 6.29 Å². The van der Waals surface area contributed by atoms with Gasteiger partial charge in [-0.15, -0.1) is 0 Å². The van der Waals surface area contributed by atoms with Gasteiger partial charge in [0.1, 0.15) is 0 Å². The summed E-state index contributed by atoms with van der Waals surface area (Å²) in [5.74, 6) is -1.18. The maximum Gasteiger partial charge on any atom is 0.339 e. The molecule has 0 aromatic rings. The van der Waals surface area contributed by atoms with Crippen LogP contribution in [-0.4, -0.2) is 17.4 Å². The topological polar surface area (TPSA) is 54.4 Å². The molecule has 0 unspecified atom stereocenters. The smallest absolute Gasteiger partial charge is 0.339 e. The van der Waals surface area contributed by atoms with Gasteiger partial charge in [0.05, 0.1) is 5.57 Å². The molecule has 0 bridgehead atoms. The van der Waals surface area contributed by atoms with Crippen LogP contribution in [0.4, 0.5) is 0 Å². The fraction of sp³-hybridized carbons (Fsp3) is 0.500. The summed E-state index contributed by atoms with van der Waals surface area (Å²) in [6, 6.07) is 0. The maximum atomic E-state index is 10.4. The van der Waals surface area contributed by atoms with Crippen molar-refractivity contribution in [2.24, 2.45) is 0 Å². The Hall–Kier alpha value is -1.38. The van der Waals surface area contributed by atoms with Gasteiger partial charge in [-0.2, -0.15) is 0 Å². The van der Waals surface area contributed by atoms with E-state index in [1.807, 2.05) is 6.08 Å². The molecule has 3 nitrogen and oxygen atoms in total. The van der Waals surface area contributed by atoms with Gasteiger partial charge >= 0.3 is 5.97 Å². The van der Waals surface area contributed by atoms with Crippen molar-refractivity contribution in [3.63, 3.8) is 0 Å². The van der Waals surface area contributed by atoms with Crippen molar-refractivity contribution in [2.75, 3.05) is 0 Å². The Morgan fingerprint density at radius 1 is 1.27 bits per heavy atom. The first-order valence-electron chi connectivity index (χ1n) is 5.27. The molecule has 0 spiro atoms. The summed E-state index contributed by atoms with van der Waals surface area (Å²) in [5.41, 5.74) is -0.209. The number of carbonyl (C=O) groups excluding carboxylic acids is 1. The molecule has 0 aliphatic carbocycles. The molecular weight excluding hydrogens is 192 g/mol. The zero-order valence-electron chi connectivity index (χ0n) is 9.11. The Morgan fingerprint density at radius 2 is 2.00 bits per heavy atom. The zero-order valence-corrected chi connectivity index (χ0v) is 9.11. The van der Waals surface area contributed by atoms with Gasteiger partial charge in [-0.05, 0) is 18.9 Å². The Labute approximate surface area is 90.5 Å². The number of carbonyl (C=O) groups is 2. The number of hydrogen-bond acceptors (Lipinski definition) is 2. The molecule has 0 atom stereocenters. The average molecular weight is 210 g/mol. The number of aliphatic carboxylic acids is 1. The fourth-order valence-electron chi connectivity index (χ4n) is 1.12. The molecule has 0 radical (unpaired) electrons. The van der Waals surface area contributed by atoms with Crippen molar-refractivity contribution >= 4 is 12.3 Å². The number of unbranched alkanes of at least 4 members (excludes halogenated alkanes) is 4. The predicted octanol–water partition coefficient (Wildman–Crippen LogP) is 2.72. The van der Waals surface area contributed by atoms with Crippen molar-refractivity contribution in [3.05, 3.63) is 23.8 Å². The lowest BCUT2D eigenvalue weighted by Crippen LogP contribution is -2.00. The van der Waals surface area contributed by atoms with Crippen molar-refractivity contribution in [1.29, 1.82) is 0 Å². The molecule has 0 aliphatic heterocycles. The monoisotopic (exact) mass is 210 g/mol. The first-order valence-corrected chi connectivity index (χ1v) is 5.27. The lowest BCUT2D eigenvalue weighted by atomic mass is 10.1. The molecule has 0 rings (SSSR count). The molecule has 15 heavy (non-hydrogen) atoms. The summed E-state index contributed by atoms with van der Waals surface area (Å²) < 4.78 is 0. The number of hydrogen-bond donors (Lipinski definition) is 1. The third-order valence-corrected chi connectivity index (χ3v) is 2.01. The van der Waals surface area contributed by atoms with Crippen LogP contribution in [0.3, 0.4) is 0 Å². The number of aldehydes is 1. The number of rotatable bonds is 8. The second kappa shape index (κ2) is 9.19. The van der Waals surface area contributed by atoms with Gasteiger partial charge in [-0.1, -0.05) is 38.3 Å². The van der Waals surface area contributed by atoms with Crippen molar-refractivity contribution in [2.45, 2.75) is 39.0 Å². The Kier molecular flexibility index (Phi) is 8.34. The zero-order chi connectivity index (χ0) is 11.5. The molecular formula is C12H18O3. The normalized spacial score (nSPS) is 11.9. The summed E-state index contributed by atoms with van der Waals surface area (Å²) in [4.78, 5) is 20.7. The third kappa shape index (κ3) is 7.67. The molecule has 0 aromatic heterocycles. The minimum atomic E-state index is -1.18. The summed E-state index contributed by atoms with van der Waals surface area (Å²) in [5, 5.41) is 8.51. The van der Waals surface area contributed by atoms with Crippen LogP contribution >= 0.6 is 0 Å². The summed E-state index contributed by atoms with van der Waals surface area (Å²) in [6.07, 6.45) is 10.9. The lowest BCUT2D eigenvalue weighted by Gasteiger charge is -1.93. The average Bonchev–Trinajstić information content (AvgIpc) is 2.21. The number of carboxylic acids is 1. The molecule has 84 valence electrons. The van der Waals surface area contributed by atoms with Crippen LogP contribution in [0.15, 0.2) is 23.8 Å². The number of allylic oxidation sites excluding steroid dienone is 3. The minimum absolute atomic E-state index is 0.209. The molecule has 0 aliphatic rings. The van der Waals surface area contributed by atoms with Crippen LogP contribution in [0.2, 0.25) is 0 Å². The molecule has 0 heterocycles. The highest BCUT2D eigenvalue weighted by Gasteiger charge is 2.01. The van der Waals surface area contributed by atoms with Crippen LogP contribution in [0.5, 0.6) is 0 Å². The quantitative estimate of drug-likeness (QED) is 0.167. The van der Waals surface area contributed by atoms with Crippen molar-refractivity contribution < 1.29 is 14.7 Å². The molecule has 0 saturated carbocycles. The van der Waals surface area contributed by atoms with E-state index in [-0.39, 0.29) is 5.57 Å². The third-order valence-electron chi connectivity index (χ3n) is 2.01. The molecule has 0 saturated heterocycles. The van der Waals surface area contributed by atoms with Gasteiger partial charge in [-0.3, -0.25) is 4.79 Å². The minimum Gasteiger partial charge on any atom is -0.478 e. The first-order chi connectivity index (χ1) is 7.22. The van der Waals surface area contributed by atoms with E-state index in [9.17, 15) is 9.59 Å². The molecule has 0 amide bonds. The van der Waals surface area contributed by atoms with E-state index in [1.165, 1.54) is 25.3 Å². The Balaban J connectivity index is 3.77. The predicted molar refractivity (Wildman–Crippen MR) is 59.7 cm³/mol. The van der Waals surface area contributed by atoms with Crippen molar-refractivity contribution in [3.8, 4) is 0 Å². The molecule has 0 fully saturated rings. The second-order valence-electron chi connectivity index (χ2n) is 3.32. The largest absolute Gasteiger partial charge is 0.478 e. The highest BCUT2D eigenvalue weighted by molar-refractivity contribution is 6.06. The van der Waals surface area contributed by atoms with Gasteiger partial charge < -0.3 is 5.11 Å². The van der Waals surface area contributed by atoms with Crippen LogP contribution < -0.4 is 0 Å². The van der Waals surface area contributed by atoms with Gasteiger partial charge in [0.25, 0.3) is 0 Å². The highest BCUT2D eigenvalue weighted by Crippen LogP contribution is 2.03.